The summed E-state index contributed by atoms with van der Waals surface area (Å²) in [7, 11) is 0. The topological polar surface area (TPSA) is 85.8 Å². The molecule has 0 radical (unpaired) electrons. The lowest BCUT2D eigenvalue weighted by Gasteiger charge is -2.08. The Labute approximate surface area is 134 Å². The van der Waals surface area contributed by atoms with Gasteiger partial charge in [-0.2, -0.15) is 5.10 Å². The van der Waals surface area contributed by atoms with Crippen LogP contribution in [0.25, 0.3) is 22.3 Å². The minimum Gasteiger partial charge on any atom is -0.290 e. The Balaban J connectivity index is 2.32. The number of carbonyl (C=O) groups excluding carboxylic acids is 1. The molecule has 2 heterocycles. The summed E-state index contributed by atoms with van der Waals surface area (Å²) in [4.78, 5) is 16.9. The van der Waals surface area contributed by atoms with Crippen LogP contribution >= 0.6 is 0 Å². The van der Waals surface area contributed by atoms with Gasteiger partial charge in [-0.05, 0) is 26.8 Å². The van der Waals surface area contributed by atoms with Crippen LogP contribution in [-0.2, 0) is 6.54 Å². The molecule has 1 aromatic carbocycles. The number of benzene rings is 1. The lowest BCUT2D eigenvalue weighted by Crippen LogP contribution is -2.30. The highest BCUT2D eigenvalue weighted by Crippen LogP contribution is 2.27. The lowest BCUT2D eigenvalue weighted by molar-refractivity contribution is 0.0955. The minimum atomic E-state index is -0.343. The van der Waals surface area contributed by atoms with E-state index in [0.29, 0.717) is 17.8 Å². The molecule has 3 N–H and O–H groups in total. The molecule has 0 bridgehead atoms. The summed E-state index contributed by atoms with van der Waals surface area (Å²) in [6.45, 7) is 6.57. The first-order valence-electron chi connectivity index (χ1n) is 7.51. The number of fused-ring (bicyclic) bond motifs is 1. The van der Waals surface area contributed by atoms with Crippen LogP contribution in [0.2, 0.25) is 0 Å². The maximum Gasteiger partial charge on any atom is 0.266 e. The smallest absolute Gasteiger partial charge is 0.266 e. The number of amides is 1. The number of aryl methyl sites for hydroxylation is 3. The molecule has 0 saturated heterocycles. The molecule has 118 valence electrons. The van der Waals surface area contributed by atoms with Gasteiger partial charge in [0, 0.05) is 12.1 Å². The van der Waals surface area contributed by atoms with Crippen molar-refractivity contribution in [2.75, 3.05) is 0 Å². The maximum atomic E-state index is 12.2. The standard InChI is InChI=1S/C17H19N5O/c1-4-22-16-15(11(3)21-22)13(17(23)20-18)9-14(19-16)12-7-5-10(2)6-8-12/h5-9H,4,18H2,1-3H3,(H,20,23). The number of carbonyl (C=O) groups is 1. The quantitative estimate of drug-likeness (QED) is 0.442. The van der Waals surface area contributed by atoms with Crippen LogP contribution < -0.4 is 11.3 Å². The number of rotatable bonds is 3. The largest absolute Gasteiger partial charge is 0.290 e. The maximum absolute atomic E-state index is 12.2. The predicted molar refractivity (Wildman–Crippen MR) is 89.8 cm³/mol. The summed E-state index contributed by atoms with van der Waals surface area (Å²) in [6, 6.07) is 9.79. The zero-order valence-corrected chi connectivity index (χ0v) is 13.4. The highest BCUT2D eigenvalue weighted by atomic mass is 16.2. The summed E-state index contributed by atoms with van der Waals surface area (Å²) in [5.41, 5.74) is 7.01. The highest BCUT2D eigenvalue weighted by Gasteiger charge is 2.19. The number of hydrogen-bond acceptors (Lipinski definition) is 4. The zero-order chi connectivity index (χ0) is 16.6. The van der Waals surface area contributed by atoms with Gasteiger partial charge in [-0.15, -0.1) is 0 Å². The van der Waals surface area contributed by atoms with Crippen LogP contribution in [0.3, 0.4) is 0 Å². The van der Waals surface area contributed by atoms with Crippen LogP contribution in [-0.4, -0.2) is 20.7 Å². The monoisotopic (exact) mass is 309 g/mol. The molecule has 0 aliphatic rings. The second-order valence-corrected chi connectivity index (χ2v) is 5.49. The van der Waals surface area contributed by atoms with E-state index in [1.165, 1.54) is 5.56 Å². The molecular weight excluding hydrogens is 290 g/mol. The summed E-state index contributed by atoms with van der Waals surface area (Å²) < 4.78 is 1.80. The fraction of sp³-hybridized carbons (Fsp3) is 0.235. The average molecular weight is 309 g/mol. The third kappa shape index (κ3) is 2.57. The zero-order valence-electron chi connectivity index (χ0n) is 13.4. The van der Waals surface area contributed by atoms with Crippen LogP contribution in [0.5, 0.6) is 0 Å². The third-order valence-electron chi connectivity index (χ3n) is 3.90. The molecular formula is C17H19N5O. The first kappa shape index (κ1) is 15.2. The van der Waals surface area contributed by atoms with Crippen molar-refractivity contribution in [2.24, 2.45) is 5.84 Å². The van der Waals surface area contributed by atoms with E-state index >= 15 is 0 Å². The molecule has 0 atom stereocenters. The van der Waals surface area contributed by atoms with E-state index < -0.39 is 0 Å². The van der Waals surface area contributed by atoms with Gasteiger partial charge in [0.05, 0.1) is 22.3 Å². The van der Waals surface area contributed by atoms with E-state index in [9.17, 15) is 4.79 Å². The molecule has 0 saturated carbocycles. The van der Waals surface area contributed by atoms with Crippen molar-refractivity contribution < 1.29 is 4.79 Å². The normalized spacial score (nSPS) is 11.0. The molecule has 23 heavy (non-hydrogen) atoms. The van der Waals surface area contributed by atoms with E-state index in [-0.39, 0.29) is 5.91 Å². The van der Waals surface area contributed by atoms with E-state index in [1.54, 1.807) is 10.7 Å². The van der Waals surface area contributed by atoms with Crippen molar-refractivity contribution in [1.29, 1.82) is 0 Å². The van der Waals surface area contributed by atoms with Gasteiger partial charge >= 0.3 is 0 Å². The second-order valence-electron chi connectivity index (χ2n) is 5.49. The van der Waals surface area contributed by atoms with Crippen LogP contribution in [0.1, 0.15) is 28.5 Å². The second kappa shape index (κ2) is 5.81. The van der Waals surface area contributed by atoms with E-state index in [0.717, 1.165) is 22.3 Å². The van der Waals surface area contributed by atoms with Gasteiger partial charge in [0.15, 0.2) is 5.65 Å². The number of nitrogen functional groups attached to an aromatic ring is 1. The number of hydrogen-bond donors (Lipinski definition) is 2. The number of aromatic nitrogens is 3. The molecule has 2 aromatic heterocycles. The van der Waals surface area contributed by atoms with Crippen LogP contribution in [0.15, 0.2) is 30.3 Å². The number of pyridine rings is 1. The van der Waals surface area contributed by atoms with E-state index in [1.807, 2.05) is 45.0 Å². The number of nitrogens with one attached hydrogen (secondary N) is 1. The van der Waals surface area contributed by atoms with Crippen molar-refractivity contribution in [3.63, 3.8) is 0 Å². The highest BCUT2D eigenvalue weighted by molar-refractivity contribution is 6.07. The summed E-state index contributed by atoms with van der Waals surface area (Å²) in [5, 5.41) is 5.21. The van der Waals surface area contributed by atoms with Crippen molar-refractivity contribution in [2.45, 2.75) is 27.3 Å². The SMILES string of the molecule is CCn1nc(C)c2c(C(=O)NN)cc(-c3ccc(C)cc3)nc21. The molecule has 6 nitrogen and oxygen atoms in total. The predicted octanol–water partition coefficient (Wildman–Crippen LogP) is 2.34. The molecule has 3 rings (SSSR count). The first-order valence-corrected chi connectivity index (χ1v) is 7.51. The van der Waals surface area contributed by atoms with Crippen molar-refractivity contribution in [3.8, 4) is 11.3 Å². The Kier molecular flexibility index (Phi) is 3.83. The van der Waals surface area contributed by atoms with E-state index in [4.69, 9.17) is 10.8 Å². The van der Waals surface area contributed by atoms with Crippen molar-refractivity contribution in [3.05, 3.63) is 47.2 Å². The number of nitrogens with two attached hydrogens (primary N) is 1. The first-order chi connectivity index (χ1) is 11.0. The van der Waals surface area contributed by atoms with Gasteiger partial charge in [-0.3, -0.25) is 10.2 Å². The van der Waals surface area contributed by atoms with Gasteiger partial charge in [-0.25, -0.2) is 15.5 Å². The van der Waals surface area contributed by atoms with Gasteiger partial charge in [0.25, 0.3) is 5.91 Å². The third-order valence-corrected chi connectivity index (χ3v) is 3.90. The van der Waals surface area contributed by atoms with Gasteiger partial charge in [0.1, 0.15) is 0 Å². The Bertz CT molecular complexity index is 880. The van der Waals surface area contributed by atoms with Crippen LogP contribution in [0.4, 0.5) is 0 Å². The lowest BCUT2D eigenvalue weighted by atomic mass is 10.0. The minimum absolute atomic E-state index is 0.343. The van der Waals surface area contributed by atoms with Gasteiger partial charge in [0.2, 0.25) is 0 Å². The molecule has 1 amide bonds. The summed E-state index contributed by atoms with van der Waals surface area (Å²) in [6.07, 6.45) is 0. The Morgan fingerprint density at radius 2 is 1.96 bits per heavy atom. The molecule has 3 aromatic rings. The average Bonchev–Trinajstić information content (AvgIpc) is 2.90. The number of nitrogens with zero attached hydrogens (tertiary/aromatic N) is 3. The Morgan fingerprint density at radius 3 is 2.57 bits per heavy atom. The summed E-state index contributed by atoms with van der Waals surface area (Å²) in [5.74, 6) is 5.00. The van der Waals surface area contributed by atoms with Gasteiger partial charge < -0.3 is 0 Å². The van der Waals surface area contributed by atoms with E-state index in [2.05, 4.69) is 10.5 Å². The Hall–Kier alpha value is -2.73. The molecule has 0 aliphatic carbocycles. The fourth-order valence-corrected chi connectivity index (χ4v) is 2.70. The number of hydrazine groups is 1. The molecule has 0 aliphatic heterocycles. The molecule has 0 unspecified atom stereocenters. The van der Waals surface area contributed by atoms with Crippen molar-refractivity contribution in [1.82, 2.24) is 20.2 Å². The Morgan fingerprint density at radius 1 is 1.26 bits per heavy atom. The van der Waals surface area contributed by atoms with Crippen LogP contribution in [0, 0.1) is 13.8 Å². The molecule has 0 fully saturated rings. The summed E-state index contributed by atoms with van der Waals surface area (Å²) >= 11 is 0. The molecule has 6 heteroatoms. The fourth-order valence-electron chi connectivity index (χ4n) is 2.70. The van der Waals surface area contributed by atoms with Gasteiger partial charge in [-0.1, -0.05) is 29.8 Å². The van der Waals surface area contributed by atoms with Crippen molar-refractivity contribution >= 4 is 16.9 Å². The molecule has 0 spiro atoms.